The Kier molecular flexibility index (Phi) is 6.53. The second kappa shape index (κ2) is 8.25. The number of benzene rings is 1. The molecule has 25 heavy (non-hydrogen) atoms. The molecule has 0 saturated carbocycles. The summed E-state index contributed by atoms with van der Waals surface area (Å²) >= 11 is 0. The molecule has 0 unspecified atom stereocenters. The van der Waals surface area contributed by atoms with E-state index in [0.29, 0.717) is 38.4 Å². The summed E-state index contributed by atoms with van der Waals surface area (Å²) in [4.78, 5) is 14.1. The van der Waals surface area contributed by atoms with E-state index in [-0.39, 0.29) is 17.3 Å². The van der Waals surface area contributed by atoms with Gasteiger partial charge >= 0.3 is 0 Å². The van der Waals surface area contributed by atoms with E-state index in [9.17, 15) is 17.6 Å². The number of sulfonamides is 1. The molecule has 1 aliphatic heterocycles. The maximum absolute atomic E-state index is 13.0. The van der Waals surface area contributed by atoms with E-state index in [1.807, 2.05) is 13.8 Å². The van der Waals surface area contributed by atoms with Crippen LogP contribution in [0.5, 0.6) is 0 Å². The molecule has 1 saturated heterocycles. The van der Waals surface area contributed by atoms with Crippen molar-refractivity contribution in [3.8, 4) is 0 Å². The Labute approximate surface area is 148 Å². The van der Waals surface area contributed by atoms with Crippen LogP contribution < -0.4 is 5.73 Å². The molecule has 0 radical (unpaired) electrons. The zero-order chi connectivity index (χ0) is 18.6. The molecule has 6 nitrogen and oxygen atoms in total. The van der Waals surface area contributed by atoms with Crippen molar-refractivity contribution in [2.24, 2.45) is 11.7 Å². The summed E-state index contributed by atoms with van der Waals surface area (Å²) in [6, 6.07) is 4.23. The lowest BCUT2D eigenvalue weighted by molar-refractivity contribution is -0.132. The zero-order valence-corrected chi connectivity index (χ0v) is 15.5. The van der Waals surface area contributed by atoms with Crippen LogP contribution in [0.25, 0.3) is 0 Å². The van der Waals surface area contributed by atoms with Crippen LogP contribution in [0.15, 0.2) is 29.2 Å². The first kappa shape index (κ1) is 19.8. The summed E-state index contributed by atoms with van der Waals surface area (Å²) in [5.74, 6) is -0.290. The van der Waals surface area contributed by atoms with Gasteiger partial charge in [-0.15, -0.1) is 0 Å². The van der Waals surface area contributed by atoms with Crippen molar-refractivity contribution < 1.29 is 17.6 Å². The topological polar surface area (TPSA) is 83.7 Å². The Morgan fingerprint density at radius 2 is 1.80 bits per heavy atom. The molecule has 0 bridgehead atoms. The highest BCUT2D eigenvalue weighted by Crippen LogP contribution is 2.18. The van der Waals surface area contributed by atoms with Crippen LogP contribution in [-0.4, -0.2) is 55.8 Å². The van der Waals surface area contributed by atoms with Crippen LogP contribution in [0.3, 0.4) is 0 Å². The van der Waals surface area contributed by atoms with Crippen molar-refractivity contribution in [2.75, 3.05) is 26.2 Å². The standard InChI is InChI=1S/C17H26FN3O3S/c1-13(2)12-16(19)17(22)20-8-3-9-21(11-10-20)25(23,24)15-6-4-14(18)5-7-15/h4-7,13,16H,3,8-12,19H2,1-2H3/t16-/m0/s1. The molecule has 1 atom stereocenters. The molecule has 1 aliphatic rings. The van der Waals surface area contributed by atoms with E-state index in [2.05, 4.69) is 0 Å². The number of halogens is 1. The Balaban J connectivity index is 2.05. The highest BCUT2D eigenvalue weighted by atomic mass is 32.2. The number of nitrogens with zero attached hydrogens (tertiary/aromatic N) is 2. The Morgan fingerprint density at radius 1 is 1.16 bits per heavy atom. The predicted octanol–water partition coefficient (Wildman–Crippen LogP) is 1.42. The molecule has 1 fully saturated rings. The van der Waals surface area contributed by atoms with Crippen molar-refractivity contribution in [3.05, 3.63) is 30.1 Å². The molecular weight excluding hydrogens is 345 g/mol. The fourth-order valence-corrected chi connectivity index (χ4v) is 4.42. The molecule has 1 heterocycles. The monoisotopic (exact) mass is 371 g/mol. The minimum Gasteiger partial charge on any atom is -0.340 e. The van der Waals surface area contributed by atoms with Crippen molar-refractivity contribution >= 4 is 15.9 Å². The van der Waals surface area contributed by atoms with Crippen LogP contribution in [0, 0.1) is 11.7 Å². The van der Waals surface area contributed by atoms with E-state index in [1.54, 1.807) is 4.90 Å². The summed E-state index contributed by atoms with van der Waals surface area (Å²) in [5, 5.41) is 0. The van der Waals surface area contributed by atoms with E-state index < -0.39 is 21.9 Å². The van der Waals surface area contributed by atoms with E-state index >= 15 is 0 Å². The third-order valence-corrected chi connectivity index (χ3v) is 6.17. The van der Waals surface area contributed by atoms with Gasteiger partial charge in [-0.1, -0.05) is 13.8 Å². The van der Waals surface area contributed by atoms with Crippen molar-refractivity contribution in [2.45, 2.75) is 37.6 Å². The molecular formula is C17H26FN3O3S. The van der Waals surface area contributed by atoms with Gasteiger partial charge in [0.15, 0.2) is 0 Å². The minimum atomic E-state index is -3.69. The van der Waals surface area contributed by atoms with Gasteiger partial charge in [0, 0.05) is 26.2 Å². The number of amides is 1. The summed E-state index contributed by atoms with van der Waals surface area (Å²) in [6.07, 6.45) is 1.15. The molecule has 0 aliphatic carbocycles. The quantitative estimate of drug-likeness (QED) is 0.848. The lowest BCUT2D eigenvalue weighted by Crippen LogP contribution is -2.46. The van der Waals surface area contributed by atoms with E-state index in [0.717, 1.165) is 12.1 Å². The summed E-state index contributed by atoms with van der Waals surface area (Å²) in [5.41, 5.74) is 5.97. The number of nitrogens with two attached hydrogens (primary N) is 1. The second-order valence-corrected chi connectivity index (χ2v) is 8.71. The summed E-state index contributed by atoms with van der Waals surface area (Å²) in [6.45, 7) is 5.34. The predicted molar refractivity (Wildman–Crippen MR) is 93.8 cm³/mol. The van der Waals surface area contributed by atoms with Crippen molar-refractivity contribution in [1.29, 1.82) is 0 Å². The summed E-state index contributed by atoms with van der Waals surface area (Å²) < 4.78 is 39.7. The van der Waals surface area contributed by atoms with Crippen LogP contribution in [-0.2, 0) is 14.8 Å². The maximum Gasteiger partial charge on any atom is 0.243 e. The molecule has 8 heteroatoms. The number of hydrogen-bond acceptors (Lipinski definition) is 4. The SMILES string of the molecule is CC(C)C[C@H](N)C(=O)N1CCCN(S(=O)(=O)c2ccc(F)cc2)CC1. The summed E-state index contributed by atoms with van der Waals surface area (Å²) in [7, 11) is -3.69. The molecule has 1 aromatic rings. The lowest BCUT2D eigenvalue weighted by atomic mass is 10.0. The molecule has 0 spiro atoms. The van der Waals surface area contributed by atoms with Gasteiger partial charge in [0.05, 0.1) is 10.9 Å². The van der Waals surface area contributed by atoms with Gasteiger partial charge in [-0.2, -0.15) is 4.31 Å². The van der Waals surface area contributed by atoms with Gasteiger partial charge in [0.25, 0.3) is 0 Å². The highest BCUT2D eigenvalue weighted by molar-refractivity contribution is 7.89. The number of rotatable bonds is 5. The minimum absolute atomic E-state index is 0.0604. The van der Waals surface area contributed by atoms with Gasteiger partial charge in [-0.05, 0) is 43.0 Å². The molecule has 1 amide bonds. The van der Waals surface area contributed by atoms with Gasteiger partial charge in [0.1, 0.15) is 5.82 Å². The first-order chi connectivity index (χ1) is 11.7. The van der Waals surface area contributed by atoms with Crippen LogP contribution in [0.2, 0.25) is 0 Å². The second-order valence-electron chi connectivity index (χ2n) is 6.77. The van der Waals surface area contributed by atoms with Crippen LogP contribution in [0.4, 0.5) is 4.39 Å². The van der Waals surface area contributed by atoms with Crippen LogP contribution >= 0.6 is 0 Å². The smallest absolute Gasteiger partial charge is 0.243 e. The fraction of sp³-hybridized carbons (Fsp3) is 0.588. The zero-order valence-electron chi connectivity index (χ0n) is 14.7. The Morgan fingerprint density at radius 3 is 2.40 bits per heavy atom. The van der Waals surface area contributed by atoms with E-state index in [1.165, 1.54) is 16.4 Å². The van der Waals surface area contributed by atoms with Gasteiger partial charge < -0.3 is 10.6 Å². The molecule has 140 valence electrons. The molecule has 2 N–H and O–H groups in total. The number of carbonyl (C=O) groups excluding carboxylic acids is 1. The molecule has 1 aromatic carbocycles. The van der Waals surface area contributed by atoms with Gasteiger partial charge in [0.2, 0.25) is 15.9 Å². The normalized spacial score (nSPS) is 18.2. The maximum atomic E-state index is 13.0. The number of carbonyl (C=O) groups is 1. The Hall–Kier alpha value is -1.51. The van der Waals surface area contributed by atoms with E-state index in [4.69, 9.17) is 5.73 Å². The third-order valence-electron chi connectivity index (χ3n) is 4.26. The Bertz CT molecular complexity index is 692. The first-order valence-corrected chi connectivity index (χ1v) is 9.96. The molecule has 0 aromatic heterocycles. The highest BCUT2D eigenvalue weighted by Gasteiger charge is 2.29. The lowest BCUT2D eigenvalue weighted by Gasteiger charge is -2.25. The van der Waals surface area contributed by atoms with Gasteiger partial charge in [-0.3, -0.25) is 4.79 Å². The third kappa shape index (κ3) is 4.99. The number of hydrogen-bond donors (Lipinski definition) is 1. The van der Waals surface area contributed by atoms with Crippen molar-refractivity contribution in [1.82, 2.24) is 9.21 Å². The molecule has 2 rings (SSSR count). The van der Waals surface area contributed by atoms with Gasteiger partial charge in [-0.25, -0.2) is 12.8 Å². The fourth-order valence-electron chi connectivity index (χ4n) is 2.95. The average Bonchev–Trinajstić information content (AvgIpc) is 2.80. The van der Waals surface area contributed by atoms with Crippen LogP contribution in [0.1, 0.15) is 26.7 Å². The largest absolute Gasteiger partial charge is 0.340 e. The average molecular weight is 371 g/mol. The van der Waals surface area contributed by atoms with Crippen molar-refractivity contribution in [3.63, 3.8) is 0 Å². The first-order valence-electron chi connectivity index (χ1n) is 8.52.